The molecule has 0 saturated heterocycles. The summed E-state index contributed by atoms with van der Waals surface area (Å²) in [6, 6.07) is 4.88. The van der Waals surface area contributed by atoms with E-state index in [1.165, 1.54) is 31.2 Å². The molecule has 1 aromatic rings. The summed E-state index contributed by atoms with van der Waals surface area (Å²) in [5.74, 6) is -0.890. The van der Waals surface area contributed by atoms with E-state index in [2.05, 4.69) is 5.32 Å². The van der Waals surface area contributed by atoms with Crippen LogP contribution in [0.3, 0.4) is 0 Å². The van der Waals surface area contributed by atoms with Gasteiger partial charge in [-0.15, -0.1) is 0 Å². The highest BCUT2D eigenvalue weighted by Gasteiger charge is 2.29. The van der Waals surface area contributed by atoms with E-state index < -0.39 is 26.2 Å². The number of nitrogens with zero attached hydrogens (tertiary/aromatic N) is 1. The molecule has 0 heterocycles. The number of carbonyl (C=O) groups excluding carboxylic acids is 1. The van der Waals surface area contributed by atoms with E-state index in [-0.39, 0.29) is 17.8 Å². The smallest absolute Gasteiger partial charge is 0.276 e. The number of nitro benzene ring substituents is 1. The van der Waals surface area contributed by atoms with Crippen molar-refractivity contribution in [1.29, 1.82) is 0 Å². The summed E-state index contributed by atoms with van der Waals surface area (Å²) in [5.41, 5.74) is 0.0533. The second-order valence-corrected chi connectivity index (χ2v) is 5.30. The van der Waals surface area contributed by atoms with Gasteiger partial charge in [-0.3, -0.25) is 19.5 Å². The van der Waals surface area contributed by atoms with Crippen LogP contribution < -0.4 is 5.32 Å². The SMILES string of the molecule is CCC(C(=O)Nc1ccc([N+](=O)[O-])cc1)S(=O)(=O)O. The Labute approximate surface area is 109 Å². The standard InChI is InChI=1S/C10H12N2O6S/c1-2-9(19(16,17)18)10(13)11-7-3-5-8(6-4-7)12(14)15/h3-6,9H,2H2,1H3,(H,11,13)(H,16,17,18). The van der Waals surface area contributed by atoms with Gasteiger partial charge in [-0.1, -0.05) is 6.92 Å². The van der Waals surface area contributed by atoms with Gasteiger partial charge in [-0.25, -0.2) is 0 Å². The van der Waals surface area contributed by atoms with Gasteiger partial charge < -0.3 is 5.32 Å². The zero-order valence-electron chi connectivity index (χ0n) is 9.94. The van der Waals surface area contributed by atoms with Gasteiger partial charge in [0.05, 0.1) is 4.92 Å². The average Bonchev–Trinajstić information content (AvgIpc) is 2.28. The minimum atomic E-state index is -4.48. The van der Waals surface area contributed by atoms with E-state index in [9.17, 15) is 23.3 Å². The first-order valence-corrected chi connectivity index (χ1v) is 6.77. The fourth-order valence-corrected chi connectivity index (χ4v) is 2.17. The van der Waals surface area contributed by atoms with Crippen LogP contribution in [0.15, 0.2) is 24.3 Å². The van der Waals surface area contributed by atoms with E-state index in [4.69, 9.17) is 4.55 Å². The highest BCUT2D eigenvalue weighted by atomic mass is 32.2. The van der Waals surface area contributed by atoms with Crippen molar-refractivity contribution in [2.45, 2.75) is 18.6 Å². The van der Waals surface area contributed by atoms with Crippen molar-refractivity contribution >= 4 is 27.4 Å². The van der Waals surface area contributed by atoms with Crippen LogP contribution in [0.2, 0.25) is 0 Å². The molecule has 1 atom stereocenters. The molecule has 0 bridgehead atoms. The Morgan fingerprint density at radius 3 is 2.32 bits per heavy atom. The first-order chi connectivity index (χ1) is 8.75. The third-order valence-electron chi connectivity index (χ3n) is 2.37. The molecule has 1 amide bonds. The second kappa shape index (κ2) is 5.76. The van der Waals surface area contributed by atoms with Crippen LogP contribution in [0.1, 0.15) is 13.3 Å². The van der Waals surface area contributed by atoms with Crippen molar-refractivity contribution in [2.24, 2.45) is 0 Å². The summed E-state index contributed by atoms with van der Waals surface area (Å²) in [4.78, 5) is 21.5. The maximum atomic E-state index is 11.6. The third-order valence-corrected chi connectivity index (χ3v) is 3.63. The number of non-ortho nitro benzene ring substituents is 1. The summed E-state index contributed by atoms with van der Waals surface area (Å²) in [6.45, 7) is 1.44. The van der Waals surface area contributed by atoms with Gasteiger partial charge in [0, 0.05) is 17.8 Å². The largest absolute Gasteiger partial charge is 0.325 e. The fraction of sp³-hybridized carbons (Fsp3) is 0.300. The molecule has 0 spiro atoms. The van der Waals surface area contributed by atoms with Gasteiger partial charge in [0.25, 0.3) is 15.8 Å². The maximum Gasteiger partial charge on any atom is 0.276 e. The number of carbonyl (C=O) groups is 1. The number of amides is 1. The minimum Gasteiger partial charge on any atom is -0.325 e. The molecule has 0 fully saturated rings. The monoisotopic (exact) mass is 288 g/mol. The molecule has 0 aliphatic rings. The lowest BCUT2D eigenvalue weighted by atomic mass is 10.2. The predicted octanol–water partition coefficient (Wildman–Crippen LogP) is 1.20. The Morgan fingerprint density at radius 1 is 1.42 bits per heavy atom. The normalized spacial score (nSPS) is 12.7. The lowest BCUT2D eigenvalue weighted by Gasteiger charge is -2.11. The van der Waals surface area contributed by atoms with Crippen molar-refractivity contribution in [3.63, 3.8) is 0 Å². The van der Waals surface area contributed by atoms with Crippen LogP contribution in [-0.4, -0.2) is 29.1 Å². The first kappa shape index (κ1) is 15.1. The maximum absolute atomic E-state index is 11.6. The molecule has 9 heteroatoms. The lowest BCUT2D eigenvalue weighted by molar-refractivity contribution is -0.384. The molecule has 0 radical (unpaired) electrons. The molecule has 104 valence electrons. The third kappa shape index (κ3) is 4.00. The summed E-state index contributed by atoms with van der Waals surface area (Å²) in [7, 11) is -4.48. The van der Waals surface area contributed by atoms with Crippen LogP contribution in [0.25, 0.3) is 0 Å². The van der Waals surface area contributed by atoms with Crippen LogP contribution in [0, 0.1) is 10.1 Å². The molecular weight excluding hydrogens is 276 g/mol. The van der Waals surface area contributed by atoms with Gasteiger partial charge in [0.1, 0.15) is 0 Å². The topological polar surface area (TPSA) is 127 Å². The highest BCUT2D eigenvalue weighted by molar-refractivity contribution is 7.87. The van der Waals surface area contributed by atoms with Gasteiger partial charge >= 0.3 is 0 Å². The minimum absolute atomic E-state index is 0.0857. The Hall–Kier alpha value is -2.00. The molecule has 0 saturated carbocycles. The molecule has 1 unspecified atom stereocenters. The van der Waals surface area contributed by atoms with E-state index in [0.29, 0.717) is 0 Å². The Balaban J connectivity index is 2.85. The van der Waals surface area contributed by atoms with E-state index in [1.807, 2.05) is 0 Å². The molecule has 19 heavy (non-hydrogen) atoms. The zero-order valence-corrected chi connectivity index (χ0v) is 10.8. The van der Waals surface area contributed by atoms with Crippen molar-refractivity contribution in [1.82, 2.24) is 0 Å². The van der Waals surface area contributed by atoms with Gasteiger partial charge in [0.2, 0.25) is 5.91 Å². The number of benzene rings is 1. The van der Waals surface area contributed by atoms with Crippen LogP contribution in [-0.2, 0) is 14.9 Å². The van der Waals surface area contributed by atoms with Crippen LogP contribution in [0.5, 0.6) is 0 Å². The number of anilines is 1. The van der Waals surface area contributed by atoms with E-state index >= 15 is 0 Å². The van der Waals surface area contributed by atoms with Crippen molar-refractivity contribution < 1.29 is 22.7 Å². The Bertz CT molecular complexity index is 581. The van der Waals surface area contributed by atoms with Crippen LogP contribution in [0.4, 0.5) is 11.4 Å². The average molecular weight is 288 g/mol. The van der Waals surface area contributed by atoms with Crippen molar-refractivity contribution in [3.05, 3.63) is 34.4 Å². The zero-order chi connectivity index (χ0) is 14.6. The first-order valence-electron chi connectivity index (χ1n) is 5.27. The second-order valence-electron chi connectivity index (χ2n) is 3.71. The van der Waals surface area contributed by atoms with Gasteiger partial charge in [-0.2, -0.15) is 8.42 Å². The van der Waals surface area contributed by atoms with Gasteiger partial charge in [0.15, 0.2) is 5.25 Å². The number of rotatable bonds is 5. The number of hydrogen-bond donors (Lipinski definition) is 2. The highest BCUT2D eigenvalue weighted by Crippen LogP contribution is 2.16. The quantitative estimate of drug-likeness (QED) is 0.476. The van der Waals surface area contributed by atoms with Crippen LogP contribution >= 0.6 is 0 Å². The Kier molecular flexibility index (Phi) is 4.57. The van der Waals surface area contributed by atoms with Gasteiger partial charge in [-0.05, 0) is 18.6 Å². The molecule has 1 rings (SSSR count). The fourth-order valence-electron chi connectivity index (χ4n) is 1.42. The Morgan fingerprint density at radius 2 is 1.95 bits per heavy atom. The summed E-state index contributed by atoms with van der Waals surface area (Å²) >= 11 is 0. The summed E-state index contributed by atoms with van der Waals surface area (Å²) in [5, 5.41) is 11.1. The molecule has 0 aliphatic heterocycles. The summed E-state index contributed by atoms with van der Waals surface area (Å²) < 4.78 is 30.8. The predicted molar refractivity (Wildman–Crippen MR) is 67.4 cm³/mol. The van der Waals surface area contributed by atoms with Crippen molar-refractivity contribution in [2.75, 3.05) is 5.32 Å². The van der Waals surface area contributed by atoms with E-state index in [0.717, 1.165) is 0 Å². The van der Waals surface area contributed by atoms with E-state index in [1.54, 1.807) is 0 Å². The molecule has 0 aromatic heterocycles. The number of nitro groups is 1. The molecule has 8 nitrogen and oxygen atoms in total. The van der Waals surface area contributed by atoms with Crippen molar-refractivity contribution in [3.8, 4) is 0 Å². The molecule has 2 N–H and O–H groups in total. The summed E-state index contributed by atoms with van der Waals surface area (Å²) in [6.07, 6.45) is -0.0857. The number of hydrogen-bond acceptors (Lipinski definition) is 5. The molecule has 0 aliphatic carbocycles. The molecular formula is C10H12N2O6S. The lowest BCUT2D eigenvalue weighted by Crippen LogP contribution is -2.34. The number of nitrogens with one attached hydrogen (secondary N) is 1. The molecule has 1 aromatic carbocycles.